The lowest BCUT2D eigenvalue weighted by Crippen LogP contribution is -2.37. The summed E-state index contributed by atoms with van der Waals surface area (Å²) in [6.45, 7) is 4.24. The van der Waals surface area contributed by atoms with E-state index in [0.29, 0.717) is 24.6 Å². The number of methoxy groups -OCH3 is 2. The first-order valence-electron chi connectivity index (χ1n) is 9.74. The lowest BCUT2D eigenvalue weighted by molar-refractivity contribution is -0.129. The summed E-state index contributed by atoms with van der Waals surface area (Å²) >= 11 is 1.51. The van der Waals surface area contributed by atoms with Crippen molar-refractivity contribution in [3.05, 3.63) is 47.5 Å². The van der Waals surface area contributed by atoms with Gasteiger partial charge in [-0.15, -0.1) is 0 Å². The molecule has 4 rings (SSSR count). The third-order valence-corrected chi connectivity index (χ3v) is 6.29. The summed E-state index contributed by atoms with van der Waals surface area (Å²) in [6, 6.07) is 12.1. The van der Waals surface area contributed by atoms with Crippen LogP contribution >= 0.6 is 11.8 Å². The molecule has 0 spiro atoms. The number of hydrogen-bond donors (Lipinski definition) is 0. The Balaban J connectivity index is 1.46. The maximum absolute atomic E-state index is 12.9. The summed E-state index contributed by atoms with van der Waals surface area (Å²) in [6.07, 6.45) is 0.819. The fourth-order valence-corrected chi connectivity index (χ4v) is 4.76. The lowest BCUT2D eigenvalue weighted by Gasteiger charge is -2.29. The van der Waals surface area contributed by atoms with Crippen LogP contribution in [0.2, 0.25) is 0 Å². The number of carbonyl (C=O) groups is 1. The van der Waals surface area contributed by atoms with Crippen molar-refractivity contribution < 1.29 is 14.3 Å². The number of aromatic nitrogens is 2. The zero-order valence-electron chi connectivity index (χ0n) is 17.0. The molecule has 0 atom stereocenters. The molecule has 2 aromatic carbocycles. The molecule has 2 heterocycles. The fraction of sp³-hybridized carbons (Fsp3) is 0.364. The van der Waals surface area contributed by atoms with Crippen molar-refractivity contribution in [2.24, 2.45) is 0 Å². The quantitative estimate of drug-likeness (QED) is 0.578. The number of aryl methyl sites for hydroxylation is 1. The van der Waals surface area contributed by atoms with Crippen molar-refractivity contribution in [2.75, 3.05) is 26.5 Å². The highest BCUT2D eigenvalue weighted by molar-refractivity contribution is 7.99. The monoisotopic (exact) mass is 411 g/mol. The molecule has 7 heteroatoms. The van der Waals surface area contributed by atoms with E-state index in [1.54, 1.807) is 14.2 Å². The first kappa shape index (κ1) is 19.6. The van der Waals surface area contributed by atoms with Crippen LogP contribution in [0.1, 0.15) is 18.1 Å². The Morgan fingerprint density at radius 1 is 1.14 bits per heavy atom. The molecule has 3 aromatic rings. The van der Waals surface area contributed by atoms with Crippen LogP contribution in [0.4, 0.5) is 0 Å². The molecule has 0 radical (unpaired) electrons. The molecule has 0 fully saturated rings. The van der Waals surface area contributed by atoms with Crippen molar-refractivity contribution in [3.63, 3.8) is 0 Å². The Labute approximate surface area is 174 Å². The molecule has 1 aromatic heterocycles. The molecule has 0 saturated carbocycles. The first-order valence-corrected chi connectivity index (χ1v) is 10.7. The minimum absolute atomic E-state index is 0.130. The van der Waals surface area contributed by atoms with Gasteiger partial charge in [0.25, 0.3) is 0 Å². The SMILES string of the molecule is CCn1c(SCC(=O)N2CCc3cc(OC)c(OC)cc3C2)nc2ccccc21. The maximum Gasteiger partial charge on any atom is 0.233 e. The zero-order valence-corrected chi connectivity index (χ0v) is 17.8. The minimum Gasteiger partial charge on any atom is -0.493 e. The second kappa shape index (κ2) is 8.37. The Bertz CT molecular complexity index is 1050. The highest BCUT2D eigenvalue weighted by atomic mass is 32.2. The normalized spacial score (nSPS) is 13.4. The predicted molar refractivity (Wildman–Crippen MR) is 115 cm³/mol. The number of carbonyl (C=O) groups excluding carboxylic acids is 1. The third-order valence-electron chi connectivity index (χ3n) is 5.33. The van der Waals surface area contributed by atoms with E-state index in [1.807, 2.05) is 35.2 Å². The van der Waals surface area contributed by atoms with Crippen LogP contribution in [-0.4, -0.2) is 46.9 Å². The second-order valence-electron chi connectivity index (χ2n) is 6.96. The molecule has 1 aliphatic heterocycles. The topological polar surface area (TPSA) is 56.6 Å². The number of rotatable bonds is 6. The van der Waals surface area contributed by atoms with Crippen molar-refractivity contribution in [1.29, 1.82) is 0 Å². The molecule has 0 N–H and O–H groups in total. The van der Waals surface area contributed by atoms with Gasteiger partial charge in [-0.3, -0.25) is 4.79 Å². The number of benzene rings is 2. The van der Waals surface area contributed by atoms with Gasteiger partial charge in [-0.1, -0.05) is 23.9 Å². The van der Waals surface area contributed by atoms with Crippen molar-refractivity contribution >= 4 is 28.7 Å². The highest BCUT2D eigenvalue weighted by Crippen LogP contribution is 2.33. The summed E-state index contributed by atoms with van der Waals surface area (Å²) < 4.78 is 13.0. The lowest BCUT2D eigenvalue weighted by atomic mass is 9.99. The summed E-state index contributed by atoms with van der Waals surface area (Å²) in [4.78, 5) is 19.5. The first-order chi connectivity index (χ1) is 14.1. The van der Waals surface area contributed by atoms with E-state index in [0.717, 1.165) is 40.5 Å². The molecule has 6 nitrogen and oxygen atoms in total. The largest absolute Gasteiger partial charge is 0.493 e. The molecule has 0 bridgehead atoms. The zero-order chi connectivity index (χ0) is 20.4. The van der Waals surface area contributed by atoms with Gasteiger partial charge in [-0.05, 0) is 48.7 Å². The van der Waals surface area contributed by atoms with Crippen LogP contribution in [-0.2, 0) is 24.3 Å². The summed E-state index contributed by atoms with van der Waals surface area (Å²) in [5.74, 6) is 1.95. The van der Waals surface area contributed by atoms with Gasteiger partial charge in [-0.25, -0.2) is 4.98 Å². The maximum atomic E-state index is 12.9. The van der Waals surface area contributed by atoms with Gasteiger partial charge in [0, 0.05) is 19.6 Å². The second-order valence-corrected chi connectivity index (χ2v) is 7.90. The average Bonchev–Trinajstić information content (AvgIpc) is 3.13. The molecular weight excluding hydrogens is 386 g/mol. The van der Waals surface area contributed by atoms with Crippen LogP contribution in [0, 0.1) is 0 Å². The van der Waals surface area contributed by atoms with Gasteiger partial charge < -0.3 is 18.9 Å². The number of ether oxygens (including phenoxy) is 2. The number of fused-ring (bicyclic) bond motifs is 2. The summed E-state index contributed by atoms with van der Waals surface area (Å²) in [5, 5.41) is 0.894. The number of nitrogens with zero attached hydrogens (tertiary/aromatic N) is 3. The van der Waals surface area contributed by atoms with E-state index in [2.05, 4.69) is 17.6 Å². The molecule has 1 amide bonds. The smallest absolute Gasteiger partial charge is 0.233 e. The van der Waals surface area contributed by atoms with E-state index in [-0.39, 0.29) is 5.91 Å². The Kier molecular flexibility index (Phi) is 5.67. The van der Waals surface area contributed by atoms with Gasteiger partial charge in [0.1, 0.15) is 0 Å². The van der Waals surface area contributed by atoms with Crippen LogP contribution in [0.5, 0.6) is 11.5 Å². The van der Waals surface area contributed by atoms with E-state index >= 15 is 0 Å². The van der Waals surface area contributed by atoms with Crippen molar-refractivity contribution in [3.8, 4) is 11.5 Å². The highest BCUT2D eigenvalue weighted by Gasteiger charge is 2.23. The van der Waals surface area contributed by atoms with Gasteiger partial charge in [0.15, 0.2) is 16.7 Å². The van der Waals surface area contributed by atoms with Crippen LogP contribution in [0.15, 0.2) is 41.6 Å². The van der Waals surface area contributed by atoms with Gasteiger partial charge in [-0.2, -0.15) is 0 Å². The van der Waals surface area contributed by atoms with Crippen LogP contribution < -0.4 is 9.47 Å². The number of amides is 1. The molecular formula is C22H25N3O3S. The van der Waals surface area contributed by atoms with E-state index in [1.165, 1.54) is 17.3 Å². The number of para-hydroxylation sites is 2. The predicted octanol–water partition coefficient (Wildman–Crippen LogP) is 3.75. The number of thioether (sulfide) groups is 1. The Morgan fingerprint density at radius 2 is 1.86 bits per heavy atom. The molecule has 0 aliphatic carbocycles. The molecule has 29 heavy (non-hydrogen) atoms. The Hall–Kier alpha value is -2.67. The molecule has 0 unspecified atom stereocenters. The average molecular weight is 412 g/mol. The third kappa shape index (κ3) is 3.79. The van der Waals surface area contributed by atoms with Crippen molar-refractivity contribution in [1.82, 2.24) is 14.5 Å². The fourth-order valence-electron chi connectivity index (χ4n) is 3.78. The van der Waals surface area contributed by atoms with Gasteiger partial charge >= 0.3 is 0 Å². The van der Waals surface area contributed by atoms with Gasteiger partial charge in [0.05, 0.1) is 31.0 Å². The van der Waals surface area contributed by atoms with Gasteiger partial charge in [0.2, 0.25) is 5.91 Å². The summed E-state index contributed by atoms with van der Waals surface area (Å²) in [7, 11) is 3.27. The molecule has 1 aliphatic rings. The van der Waals surface area contributed by atoms with Crippen molar-refractivity contribution in [2.45, 2.75) is 31.6 Å². The standard InChI is InChI=1S/C22H25N3O3S/c1-4-25-18-8-6-5-7-17(18)23-22(25)29-14-21(26)24-10-9-15-11-19(27-2)20(28-3)12-16(15)13-24/h5-8,11-12H,4,9-10,13-14H2,1-3H3. The molecule has 0 saturated heterocycles. The number of hydrogen-bond acceptors (Lipinski definition) is 5. The van der Waals surface area contributed by atoms with Crippen LogP contribution in [0.25, 0.3) is 11.0 Å². The van der Waals surface area contributed by atoms with E-state index in [9.17, 15) is 4.79 Å². The minimum atomic E-state index is 0.130. The van der Waals surface area contributed by atoms with E-state index < -0.39 is 0 Å². The number of imidazole rings is 1. The molecule has 152 valence electrons. The van der Waals surface area contributed by atoms with Crippen LogP contribution in [0.3, 0.4) is 0 Å². The van der Waals surface area contributed by atoms with E-state index in [4.69, 9.17) is 14.5 Å². The Morgan fingerprint density at radius 3 is 2.59 bits per heavy atom. The summed E-state index contributed by atoms with van der Waals surface area (Å²) in [5.41, 5.74) is 4.41.